The van der Waals surface area contributed by atoms with Crippen molar-refractivity contribution >= 4 is 52.1 Å². The summed E-state index contributed by atoms with van der Waals surface area (Å²) >= 11 is 11.0. The Bertz CT molecular complexity index is 1190. The first-order valence-corrected chi connectivity index (χ1v) is 10.8. The Labute approximate surface area is 206 Å². The van der Waals surface area contributed by atoms with E-state index in [1.807, 2.05) is 0 Å². The van der Waals surface area contributed by atoms with Crippen LogP contribution in [0.4, 0.5) is 15.8 Å². The minimum absolute atomic E-state index is 0.0632. The maximum absolute atomic E-state index is 13.3. The van der Waals surface area contributed by atoms with E-state index in [0.29, 0.717) is 41.5 Å². The van der Waals surface area contributed by atoms with Crippen LogP contribution in [0.1, 0.15) is 20.7 Å². The Hall–Kier alpha value is -3.53. The molecule has 34 heavy (non-hydrogen) atoms. The van der Waals surface area contributed by atoms with Crippen LogP contribution in [0.15, 0.2) is 66.7 Å². The molecule has 2 amide bonds. The number of carbonyl (C=O) groups is 2. The largest absolute Gasteiger partial charge is 0.491 e. The molecule has 3 rings (SSSR count). The van der Waals surface area contributed by atoms with E-state index in [4.69, 9.17) is 33.3 Å². The number of benzene rings is 3. The summed E-state index contributed by atoms with van der Waals surface area (Å²) in [5.74, 6) is -0.780. The van der Waals surface area contributed by atoms with E-state index in [1.54, 1.807) is 55.6 Å². The van der Waals surface area contributed by atoms with Crippen LogP contribution in [0.2, 0.25) is 5.02 Å². The number of rotatable bonds is 8. The molecule has 0 heterocycles. The van der Waals surface area contributed by atoms with Crippen molar-refractivity contribution < 1.29 is 23.5 Å². The van der Waals surface area contributed by atoms with Gasteiger partial charge in [0.1, 0.15) is 18.2 Å². The van der Waals surface area contributed by atoms with Gasteiger partial charge in [0, 0.05) is 29.6 Å². The van der Waals surface area contributed by atoms with E-state index >= 15 is 0 Å². The fraction of sp³-hybridized carbons (Fsp3) is 0.125. The Morgan fingerprint density at radius 3 is 2.35 bits per heavy atom. The van der Waals surface area contributed by atoms with Gasteiger partial charge in [-0.15, -0.1) is 0 Å². The minimum Gasteiger partial charge on any atom is -0.491 e. The number of hydrogen-bond donors (Lipinski definition) is 3. The first-order valence-electron chi connectivity index (χ1n) is 10.1. The third-order valence-electron chi connectivity index (χ3n) is 4.46. The number of hydrogen-bond acceptors (Lipinski definition) is 5. The van der Waals surface area contributed by atoms with Crippen molar-refractivity contribution in [3.63, 3.8) is 0 Å². The van der Waals surface area contributed by atoms with Gasteiger partial charge in [-0.1, -0.05) is 17.7 Å². The molecular weight excluding hydrogens is 481 g/mol. The van der Waals surface area contributed by atoms with Gasteiger partial charge < -0.3 is 20.1 Å². The second kappa shape index (κ2) is 12.1. The number of anilines is 2. The third kappa shape index (κ3) is 7.24. The highest BCUT2D eigenvalue weighted by Crippen LogP contribution is 2.20. The number of amides is 2. The van der Waals surface area contributed by atoms with Crippen molar-refractivity contribution in [2.24, 2.45) is 0 Å². The standard InChI is InChI=1S/C24H21ClFN3O4S/c1-32-11-12-33-19-8-5-15(6-9-19)22(30)29-24(34)28-17-4-2-3-16(13-17)23(31)27-18-7-10-21(26)20(25)14-18/h2-10,13-14H,11-12H2,1H3,(H,27,31)(H2,28,29,30,34). The average molecular weight is 502 g/mol. The SMILES string of the molecule is COCCOc1ccc(C(=O)NC(=S)Nc2cccc(C(=O)Nc3ccc(F)c(Cl)c3)c2)cc1. The van der Waals surface area contributed by atoms with E-state index in [9.17, 15) is 14.0 Å². The van der Waals surface area contributed by atoms with Gasteiger partial charge in [-0.25, -0.2) is 4.39 Å². The highest BCUT2D eigenvalue weighted by atomic mass is 35.5. The summed E-state index contributed by atoms with van der Waals surface area (Å²) in [7, 11) is 1.59. The normalized spacial score (nSPS) is 10.3. The van der Waals surface area contributed by atoms with Crippen LogP contribution in [0.3, 0.4) is 0 Å². The third-order valence-corrected chi connectivity index (χ3v) is 4.95. The molecule has 0 aliphatic heterocycles. The van der Waals surface area contributed by atoms with Crippen LogP contribution >= 0.6 is 23.8 Å². The molecule has 3 aromatic carbocycles. The highest BCUT2D eigenvalue weighted by molar-refractivity contribution is 7.80. The molecule has 0 saturated heterocycles. The maximum Gasteiger partial charge on any atom is 0.257 e. The molecule has 10 heteroatoms. The monoisotopic (exact) mass is 501 g/mol. The van der Waals surface area contributed by atoms with Crippen molar-refractivity contribution in [2.45, 2.75) is 0 Å². The lowest BCUT2D eigenvalue weighted by Gasteiger charge is -2.12. The fourth-order valence-corrected chi connectivity index (χ4v) is 3.19. The second-order valence-electron chi connectivity index (χ2n) is 6.94. The van der Waals surface area contributed by atoms with E-state index in [1.165, 1.54) is 18.2 Å². The zero-order chi connectivity index (χ0) is 24.5. The number of halogens is 2. The summed E-state index contributed by atoms with van der Waals surface area (Å²) in [4.78, 5) is 25.0. The summed E-state index contributed by atoms with van der Waals surface area (Å²) in [5, 5.41) is 8.07. The van der Waals surface area contributed by atoms with E-state index in [-0.39, 0.29) is 10.1 Å². The van der Waals surface area contributed by atoms with Gasteiger partial charge in [0.15, 0.2) is 5.11 Å². The molecule has 0 radical (unpaired) electrons. The van der Waals surface area contributed by atoms with Gasteiger partial charge >= 0.3 is 0 Å². The van der Waals surface area contributed by atoms with E-state index in [2.05, 4.69) is 16.0 Å². The Kier molecular flexibility index (Phi) is 8.92. The number of methoxy groups -OCH3 is 1. The molecule has 7 nitrogen and oxygen atoms in total. The molecule has 0 unspecified atom stereocenters. The lowest BCUT2D eigenvalue weighted by Crippen LogP contribution is -2.34. The Balaban J connectivity index is 1.56. The summed E-state index contributed by atoms with van der Waals surface area (Å²) in [6.45, 7) is 0.871. The number of thiocarbonyl (C=S) groups is 1. The number of carbonyl (C=O) groups excluding carboxylic acids is 2. The van der Waals surface area contributed by atoms with Crippen LogP contribution in [0.25, 0.3) is 0 Å². The van der Waals surface area contributed by atoms with Gasteiger partial charge in [-0.3, -0.25) is 14.9 Å². The van der Waals surface area contributed by atoms with Crippen molar-refractivity contribution in [2.75, 3.05) is 31.0 Å². The van der Waals surface area contributed by atoms with Crippen molar-refractivity contribution in [3.8, 4) is 5.75 Å². The van der Waals surface area contributed by atoms with Crippen molar-refractivity contribution in [1.29, 1.82) is 0 Å². The van der Waals surface area contributed by atoms with Crippen molar-refractivity contribution in [1.82, 2.24) is 5.32 Å². The van der Waals surface area contributed by atoms with Crippen LogP contribution in [0, 0.1) is 5.82 Å². The molecule has 0 fully saturated rings. The molecular formula is C24H21ClFN3O4S. The van der Waals surface area contributed by atoms with E-state index < -0.39 is 17.6 Å². The minimum atomic E-state index is -0.576. The average Bonchev–Trinajstić information content (AvgIpc) is 2.82. The quantitative estimate of drug-likeness (QED) is 0.301. The smallest absolute Gasteiger partial charge is 0.257 e. The summed E-state index contributed by atoms with van der Waals surface area (Å²) in [6.07, 6.45) is 0. The summed E-state index contributed by atoms with van der Waals surface area (Å²) in [5.41, 5.74) is 1.57. The molecule has 0 aromatic heterocycles. The molecule has 0 spiro atoms. The first-order chi connectivity index (χ1) is 16.4. The van der Waals surface area contributed by atoms with Crippen LogP contribution in [0.5, 0.6) is 5.75 Å². The maximum atomic E-state index is 13.3. The zero-order valence-electron chi connectivity index (χ0n) is 18.1. The molecule has 0 atom stereocenters. The molecule has 0 saturated carbocycles. The lowest BCUT2D eigenvalue weighted by molar-refractivity contribution is 0.0976. The van der Waals surface area contributed by atoms with Crippen LogP contribution in [-0.4, -0.2) is 37.3 Å². The molecule has 3 N–H and O–H groups in total. The molecule has 176 valence electrons. The van der Waals surface area contributed by atoms with E-state index in [0.717, 1.165) is 0 Å². The molecule has 0 bridgehead atoms. The van der Waals surface area contributed by atoms with Gasteiger partial charge in [0.2, 0.25) is 0 Å². The van der Waals surface area contributed by atoms with Gasteiger partial charge in [0.05, 0.1) is 11.6 Å². The molecule has 0 aliphatic carbocycles. The zero-order valence-corrected chi connectivity index (χ0v) is 19.6. The number of ether oxygens (including phenoxy) is 2. The molecule has 0 aliphatic rings. The topological polar surface area (TPSA) is 88.7 Å². The molecule has 3 aromatic rings. The van der Waals surface area contributed by atoms with Gasteiger partial charge in [-0.05, 0) is 72.9 Å². The Morgan fingerprint density at radius 2 is 1.65 bits per heavy atom. The summed E-state index contributed by atoms with van der Waals surface area (Å²) in [6, 6.07) is 17.0. The summed E-state index contributed by atoms with van der Waals surface area (Å²) < 4.78 is 23.7. The van der Waals surface area contributed by atoms with Crippen molar-refractivity contribution in [3.05, 3.63) is 88.7 Å². The van der Waals surface area contributed by atoms with Gasteiger partial charge in [-0.2, -0.15) is 0 Å². The predicted molar refractivity (Wildman–Crippen MR) is 133 cm³/mol. The first kappa shape index (κ1) is 25.1. The lowest BCUT2D eigenvalue weighted by atomic mass is 10.2. The second-order valence-corrected chi connectivity index (χ2v) is 7.75. The Morgan fingerprint density at radius 1 is 0.912 bits per heavy atom. The fourth-order valence-electron chi connectivity index (χ4n) is 2.80. The highest BCUT2D eigenvalue weighted by Gasteiger charge is 2.11. The van der Waals surface area contributed by atoms with Crippen LogP contribution < -0.4 is 20.7 Å². The van der Waals surface area contributed by atoms with Crippen LogP contribution in [-0.2, 0) is 4.74 Å². The number of nitrogens with one attached hydrogen (secondary N) is 3. The predicted octanol–water partition coefficient (Wildman–Crippen LogP) is 4.88. The van der Waals surface area contributed by atoms with Gasteiger partial charge in [0.25, 0.3) is 11.8 Å².